The van der Waals surface area contributed by atoms with Gasteiger partial charge in [-0.3, -0.25) is 9.89 Å². The first-order chi connectivity index (χ1) is 12.2. The monoisotopic (exact) mass is 346 g/mol. The van der Waals surface area contributed by atoms with Crippen LogP contribution in [0.2, 0.25) is 0 Å². The van der Waals surface area contributed by atoms with Gasteiger partial charge in [-0.1, -0.05) is 29.8 Å². The number of rotatable bonds is 8. The molecule has 0 radical (unpaired) electrons. The lowest BCUT2D eigenvalue weighted by atomic mass is 9.96. The lowest BCUT2D eigenvalue weighted by Crippen LogP contribution is -2.40. The first-order valence-electron chi connectivity index (χ1n) is 9.50. The summed E-state index contributed by atoms with van der Waals surface area (Å²) in [6.45, 7) is 10.9. The minimum atomic E-state index is 0.687. The fourth-order valence-corrected chi connectivity index (χ4v) is 3.11. The summed E-state index contributed by atoms with van der Waals surface area (Å²) in [5, 5.41) is 6.61. The number of nitrogens with one attached hydrogen (secondary N) is 2. The number of ether oxygens (including phenoxy) is 1. The summed E-state index contributed by atoms with van der Waals surface area (Å²) < 4.78 is 5.08. The van der Waals surface area contributed by atoms with Crippen molar-refractivity contribution in [1.82, 2.24) is 15.5 Å². The molecule has 0 aliphatic carbocycles. The second-order valence-corrected chi connectivity index (χ2v) is 6.84. The molecule has 5 nitrogen and oxygen atoms in total. The van der Waals surface area contributed by atoms with Gasteiger partial charge in [-0.2, -0.15) is 0 Å². The number of hydrogen-bond acceptors (Lipinski definition) is 3. The Morgan fingerprint density at radius 2 is 1.92 bits per heavy atom. The van der Waals surface area contributed by atoms with Crippen LogP contribution in [-0.4, -0.2) is 57.3 Å². The number of methoxy groups -OCH3 is 1. The molecule has 1 aliphatic rings. The Morgan fingerprint density at radius 3 is 2.56 bits per heavy atom. The smallest absolute Gasteiger partial charge is 0.191 e. The molecular weight excluding hydrogens is 312 g/mol. The van der Waals surface area contributed by atoms with Gasteiger partial charge in [-0.15, -0.1) is 0 Å². The third-order valence-corrected chi connectivity index (χ3v) is 4.68. The first kappa shape index (κ1) is 19.7. The minimum Gasteiger partial charge on any atom is -0.383 e. The molecule has 25 heavy (non-hydrogen) atoms. The maximum atomic E-state index is 5.08. The topological polar surface area (TPSA) is 48.9 Å². The average molecular weight is 347 g/mol. The zero-order valence-electron chi connectivity index (χ0n) is 16.1. The normalized spacial score (nSPS) is 16.8. The SMILES string of the molecule is CCNC(=NCC1CCN(Cc2ccc(C)cc2)CC1)NCCOC. The van der Waals surface area contributed by atoms with Gasteiger partial charge in [-0.25, -0.2) is 0 Å². The molecule has 0 unspecified atom stereocenters. The van der Waals surface area contributed by atoms with Crippen molar-refractivity contribution in [3.63, 3.8) is 0 Å². The predicted molar refractivity (Wildman–Crippen MR) is 105 cm³/mol. The molecule has 1 saturated heterocycles. The van der Waals surface area contributed by atoms with Crippen LogP contribution in [0.3, 0.4) is 0 Å². The van der Waals surface area contributed by atoms with Crippen LogP contribution in [0.4, 0.5) is 0 Å². The number of aliphatic imine (C=N–C) groups is 1. The molecule has 0 atom stereocenters. The van der Waals surface area contributed by atoms with E-state index in [1.165, 1.54) is 37.1 Å². The molecule has 2 rings (SSSR count). The highest BCUT2D eigenvalue weighted by atomic mass is 16.5. The van der Waals surface area contributed by atoms with Crippen molar-refractivity contribution >= 4 is 5.96 Å². The Hall–Kier alpha value is -1.59. The lowest BCUT2D eigenvalue weighted by molar-refractivity contribution is 0.180. The largest absolute Gasteiger partial charge is 0.383 e. The van der Waals surface area contributed by atoms with Gasteiger partial charge in [0, 0.05) is 33.3 Å². The van der Waals surface area contributed by atoms with Crippen molar-refractivity contribution in [3.05, 3.63) is 35.4 Å². The summed E-state index contributed by atoms with van der Waals surface area (Å²) in [4.78, 5) is 7.31. The molecule has 1 aromatic rings. The van der Waals surface area contributed by atoms with Gasteiger partial charge in [0.15, 0.2) is 5.96 Å². The summed E-state index contributed by atoms with van der Waals surface area (Å²) in [5.41, 5.74) is 2.75. The summed E-state index contributed by atoms with van der Waals surface area (Å²) in [5.74, 6) is 1.59. The zero-order valence-corrected chi connectivity index (χ0v) is 16.1. The van der Waals surface area contributed by atoms with Gasteiger partial charge in [0.05, 0.1) is 6.61 Å². The van der Waals surface area contributed by atoms with Gasteiger partial charge in [0.25, 0.3) is 0 Å². The summed E-state index contributed by atoms with van der Waals surface area (Å²) >= 11 is 0. The van der Waals surface area contributed by atoms with Gasteiger partial charge < -0.3 is 15.4 Å². The first-order valence-corrected chi connectivity index (χ1v) is 9.50. The highest BCUT2D eigenvalue weighted by Gasteiger charge is 2.19. The van der Waals surface area contributed by atoms with E-state index in [0.717, 1.165) is 32.1 Å². The number of hydrogen-bond donors (Lipinski definition) is 2. The van der Waals surface area contributed by atoms with Gasteiger partial charge in [-0.05, 0) is 51.3 Å². The summed E-state index contributed by atoms with van der Waals surface area (Å²) in [6, 6.07) is 8.91. The molecule has 0 saturated carbocycles. The standard InChI is InChI=1S/C20H34N4O/c1-4-21-20(22-11-14-25-3)23-15-18-9-12-24(13-10-18)16-19-7-5-17(2)6-8-19/h5-8,18H,4,9-16H2,1-3H3,(H2,21,22,23). The Labute approximate surface area is 152 Å². The second-order valence-electron chi connectivity index (χ2n) is 6.84. The van der Waals surface area contributed by atoms with E-state index in [4.69, 9.17) is 9.73 Å². The molecular formula is C20H34N4O. The predicted octanol–water partition coefficient (Wildman–Crippen LogP) is 2.41. The van der Waals surface area contributed by atoms with Crippen LogP contribution in [0, 0.1) is 12.8 Å². The molecule has 140 valence electrons. The van der Waals surface area contributed by atoms with Crippen LogP contribution in [0.1, 0.15) is 30.9 Å². The number of likely N-dealkylation sites (tertiary alicyclic amines) is 1. The third kappa shape index (κ3) is 7.45. The molecule has 0 spiro atoms. The quantitative estimate of drug-likeness (QED) is 0.431. The van der Waals surface area contributed by atoms with E-state index >= 15 is 0 Å². The van der Waals surface area contributed by atoms with Crippen molar-refractivity contribution in [1.29, 1.82) is 0 Å². The van der Waals surface area contributed by atoms with Crippen LogP contribution in [0.15, 0.2) is 29.3 Å². The fraction of sp³-hybridized carbons (Fsp3) is 0.650. The molecule has 0 amide bonds. The van der Waals surface area contributed by atoms with Gasteiger partial charge in [0.2, 0.25) is 0 Å². The minimum absolute atomic E-state index is 0.687. The van der Waals surface area contributed by atoms with Crippen LogP contribution in [0.25, 0.3) is 0 Å². The van der Waals surface area contributed by atoms with E-state index < -0.39 is 0 Å². The van der Waals surface area contributed by atoms with Crippen LogP contribution < -0.4 is 10.6 Å². The molecule has 2 N–H and O–H groups in total. The number of guanidine groups is 1. The number of nitrogens with zero attached hydrogens (tertiary/aromatic N) is 2. The van der Waals surface area contributed by atoms with E-state index in [1.807, 2.05) is 0 Å². The van der Waals surface area contributed by atoms with Crippen LogP contribution >= 0.6 is 0 Å². The van der Waals surface area contributed by atoms with E-state index in [-0.39, 0.29) is 0 Å². The Kier molecular flexibility index (Phi) is 8.77. The van der Waals surface area contributed by atoms with Crippen molar-refractivity contribution in [2.75, 3.05) is 46.4 Å². The number of piperidine rings is 1. The van der Waals surface area contributed by atoms with Gasteiger partial charge >= 0.3 is 0 Å². The molecule has 1 aliphatic heterocycles. The van der Waals surface area contributed by atoms with Crippen molar-refractivity contribution in [3.8, 4) is 0 Å². The molecule has 1 fully saturated rings. The van der Waals surface area contributed by atoms with Gasteiger partial charge in [0.1, 0.15) is 0 Å². The highest BCUT2D eigenvalue weighted by Crippen LogP contribution is 2.19. The van der Waals surface area contributed by atoms with E-state index in [1.54, 1.807) is 7.11 Å². The third-order valence-electron chi connectivity index (χ3n) is 4.68. The van der Waals surface area contributed by atoms with Crippen molar-refractivity contribution < 1.29 is 4.74 Å². The molecule has 0 bridgehead atoms. The zero-order chi connectivity index (χ0) is 17.9. The van der Waals surface area contributed by atoms with Crippen molar-refractivity contribution in [2.24, 2.45) is 10.9 Å². The average Bonchev–Trinajstić information content (AvgIpc) is 2.63. The lowest BCUT2D eigenvalue weighted by Gasteiger charge is -2.31. The van der Waals surface area contributed by atoms with E-state index in [0.29, 0.717) is 12.5 Å². The van der Waals surface area contributed by atoms with Crippen LogP contribution in [0.5, 0.6) is 0 Å². The van der Waals surface area contributed by atoms with E-state index in [9.17, 15) is 0 Å². The fourth-order valence-electron chi connectivity index (χ4n) is 3.11. The van der Waals surface area contributed by atoms with Crippen molar-refractivity contribution in [2.45, 2.75) is 33.2 Å². The maximum Gasteiger partial charge on any atom is 0.191 e. The molecule has 1 aromatic carbocycles. The van der Waals surface area contributed by atoms with E-state index in [2.05, 4.69) is 53.6 Å². The maximum absolute atomic E-state index is 5.08. The molecule has 1 heterocycles. The second kappa shape index (κ2) is 11.1. The Morgan fingerprint density at radius 1 is 1.20 bits per heavy atom. The highest BCUT2D eigenvalue weighted by molar-refractivity contribution is 5.79. The Balaban J connectivity index is 1.73. The molecule has 0 aromatic heterocycles. The number of benzene rings is 1. The number of aryl methyl sites for hydroxylation is 1. The molecule has 5 heteroatoms. The summed E-state index contributed by atoms with van der Waals surface area (Å²) in [7, 11) is 1.72. The van der Waals surface area contributed by atoms with Crippen LogP contribution in [-0.2, 0) is 11.3 Å². The summed E-state index contributed by atoms with van der Waals surface area (Å²) in [6.07, 6.45) is 2.46. The Bertz CT molecular complexity index is 507.